The van der Waals surface area contributed by atoms with Gasteiger partial charge in [0.2, 0.25) is 5.79 Å². The van der Waals surface area contributed by atoms with Crippen molar-refractivity contribution < 1.29 is 14.2 Å². The molecule has 0 bridgehead atoms. The maximum Gasteiger partial charge on any atom is 0.215 e. The lowest BCUT2D eigenvalue weighted by molar-refractivity contribution is -0.189. The molecule has 0 N–H and O–H groups in total. The molecule has 0 aliphatic carbocycles. The van der Waals surface area contributed by atoms with Crippen LogP contribution in [-0.4, -0.2) is 65.0 Å². The van der Waals surface area contributed by atoms with E-state index in [1.54, 1.807) is 24.7 Å². The van der Waals surface area contributed by atoms with E-state index in [-0.39, 0.29) is 6.10 Å². The number of hydrogen-bond acceptors (Lipinski definition) is 8. The van der Waals surface area contributed by atoms with Crippen LogP contribution in [0.25, 0.3) is 11.3 Å². The molecular formula is C36H36Cl2N6O3. The Hall–Kier alpha value is -4.15. The summed E-state index contributed by atoms with van der Waals surface area (Å²) < 4.78 is 20.9. The van der Waals surface area contributed by atoms with Crippen molar-refractivity contribution in [2.75, 3.05) is 49.2 Å². The summed E-state index contributed by atoms with van der Waals surface area (Å²) in [4.78, 5) is 18.3. The van der Waals surface area contributed by atoms with Gasteiger partial charge in [-0.3, -0.25) is 0 Å². The summed E-state index contributed by atoms with van der Waals surface area (Å²) in [5.41, 5.74) is 5.17. The van der Waals surface area contributed by atoms with E-state index in [2.05, 4.69) is 64.2 Å². The number of aromatic nitrogens is 4. The van der Waals surface area contributed by atoms with Gasteiger partial charge in [0.1, 0.15) is 30.1 Å². The Balaban J connectivity index is 0.953. The van der Waals surface area contributed by atoms with Crippen LogP contribution in [0.15, 0.2) is 91.5 Å². The molecule has 4 heterocycles. The summed E-state index contributed by atoms with van der Waals surface area (Å²) in [6.07, 6.45) is 5.01. The number of halogens is 2. The van der Waals surface area contributed by atoms with Crippen molar-refractivity contribution in [1.82, 2.24) is 19.5 Å². The highest BCUT2D eigenvalue weighted by Crippen LogP contribution is 2.40. The van der Waals surface area contributed by atoms with Crippen LogP contribution in [-0.2, 0) is 21.8 Å². The molecule has 2 aromatic heterocycles. The molecule has 9 nitrogen and oxygen atoms in total. The van der Waals surface area contributed by atoms with Crippen molar-refractivity contribution in [3.63, 3.8) is 0 Å². The molecule has 2 unspecified atom stereocenters. The van der Waals surface area contributed by atoms with Gasteiger partial charge in [-0.05, 0) is 50.2 Å². The van der Waals surface area contributed by atoms with E-state index in [0.717, 1.165) is 60.5 Å². The first-order valence-corrected chi connectivity index (χ1v) is 16.5. The Labute approximate surface area is 284 Å². The highest BCUT2D eigenvalue weighted by molar-refractivity contribution is 6.35. The molecule has 47 heavy (non-hydrogen) atoms. The summed E-state index contributed by atoms with van der Waals surface area (Å²) in [7, 11) is 0. The second-order valence-electron chi connectivity index (χ2n) is 12.0. The van der Waals surface area contributed by atoms with Crippen LogP contribution in [0.4, 0.5) is 11.5 Å². The number of hydrogen-bond donors (Lipinski definition) is 0. The average molecular weight is 672 g/mol. The highest BCUT2D eigenvalue weighted by Gasteiger charge is 2.45. The van der Waals surface area contributed by atoms with Gasteiger partial charge in [-0.1, -0.05) is 59.1 Å². The van der Waals surface area contributed by atoms with Gasteiger partial charge in [0, 0.05) is 66.5 Å². The quantitative estimate of drug-likeness (QED) is 0.167. The summed E-state index contributed by atoms with van der Waals surface area (Å²) in [6, 6.07) is 24.1. The SMILES string of the molecule is Cc1ccc(-c2cc(N3CCN(c4ccc(OCC5COC(Cn6ccnc6)(c6ccc(Cl)cc6Cl)O5)cc4)CC3)nc(C)n2)cc1. The van der Waals surface area contributed by atoms with Crippen molar-refractivity contribution >= 4 is 34.7 Å². The van der Waals surface area contributed by atoms with Crippen LogP contribution in [0, 0.1) is 13.8 Å². The predicted octanol–water partition coefficient (Wildman–Crippen LogP) is 6.94. The third-order valence-electron chi connectivity index (χ3n) is 8.56. The first kappa shape index (κ1) is 31.4. The Kier molecular flexibility index (Phi) is 9.05. The topological polar surface area (TPSA) is 77.8 Å². The number of imidazole rings is 1. The Morgan fingerprint density at radius 1 is 0.894 bits per heavy atom. The predicted molar refractivity (Wildman–Crippen MR) is 184 cm³/mol. The van der Waals surface area contributed by atoms with E-state index in [0.29, 0.717) is 35.4 Å². The van der Waals surface area contributed by atoms with Crippen LogP contribution < -0.4 is 14.5 Å². The second kappa shape index (κ2) is 13.5. The van der Waals surface area contributed by atoms with Gasteiger partial charge in [0.05, 0.1) is 30.2 Å². The number of nitrogens with zero attached hydrogens (tertiary/aromatic N) is 6. The van der Waals surface area contributed by atoms with Crippen molar-refractivity contribution in [3.05, 3.63) is 119 Å². The first-order valence-electron chi connectivity index (χ1n) is 15.7. The zero-order chi connectivity index (χ0) is 32.4. The Morgan fingerprint density at radius 3 is 2.38 bits per heavy atom. The van der Waals surface area contributed by atoms with Gasteiger partial charge >= 0.3 is 0 Å². The molecule has 0 radical (unpaired) electrons. The normalized spacial score (nSPS) is 19.7. The molecule has 11 heteroatoms. The molecule has 242 valence electrons. The fraction of sp³-hybridized carbons (Fsp3) is 0.306. The molecule has 2 aliphatic heterocycles. The number of benzene rings is 3. The van der Waals surface area contributed by atoms with Gasteiger partial charge in [0.25, 0.3) is 0 Å². The van der Waals surface area contributed by atoms with E-state index < -0.39 is 5.79 Å². The number of aryl methyl sites for hydroxylation is 2. The van der Waals surface area contributed by atoms with Gasteiger partial charge in [-0.25, -0.2) is 15.0 Å². The Bertz CT molecular complexity index is 1810. The molecular weight excluding hydrogens is 635 g/mol. The lowest BCUT2D eigenvalue weighted by Crippen LogP contribution is -2.46. The van der Waals surface area contributed by atoms with Crippen LogP contribution in [0.2, 0.25) is 10.0 Å². The molecule has 7 rings (SSSR count). The lowest BCUT2D eigenvalue weighted by Gasteiger charge is -2.37. The van der Waals surface area contributed by atoms with Gasteiger partial charge < -0.3 is 28.6 Å². The minimum absolute atomic E-state index is 0.296. The molecule has 5 aromatic rings. The largest absolute Gasteiger partial charge is 0.491 e. The summed E-state index contributed by atoms with van der Waals surface area (Å²) >= 11 is 12.8. The number of rotatable bonds is 9. The van der Waals surface area contributed by atoms with E-state index in [1.165, 1.54) is 5.56 Å². The smallest absolute Gasteiger partial charge is 0.215 e. The standard InChI is InChI=1S/C36H36Cl2N6O3/c1-25-3-5-27(6-4-25)34-20-35(41-26(2)40-34)44-17-15-43(16-18-44)29-8-10-30(11-9-29)45-21-31-22-46-36(47-31,23-42-14-13-39-24-42)32-12-7-28(37)19-33(32)38/h3-14,19-20,24,31H,15-18,21-23H2,1-2H3. The van der Waals surface area contributed by atoms with Crippen LogP contribution in [0.3, 0.4) is 0 Å². The minimum Gasteiger partial charge on any atom is -0.491 e. The monoisotopic (exact) mass is 670 g/mol. The molecule has 2 atom stereocenters. The van der Waals surface area contributed by atoms with E-state index >= 15 is 0 Å². The van der Waals surface area contributed by atoms with Gasteiger partial charge in [0.15, 0.2) is 0 Å². The van der Waals surface area contributed by atoms with Crippen molar-refractivity contribution in [1.29, 1.82) is 0 Å². The van der Waals surface area contributed by atoms with Crippen LogP contribution >= 0.6 is 23.2 Å². The zero-order valence-corrected chi connectivity index (χ0v) is 27.9. The summed E-state index contributed by atoms with van der Waals surface area (Å²) in [5.74, 6) is 1.44. The molecule has 2 fully saturated rings. The van der Waals surface area contributed by atoms with Gasteiger partial charge in [-0.15, -0.1) is 0 Å². The fourth-order valence-electron chi connectivity index (χ4n) is 6.10. The van der Waals surface area contributed by atoms with Crippen molar-refractivity contribution in [3.8, 4) is 17.0 Å². The summed E-state index contributed by atoms with van der Waals surface area (Å²) in [6.45, 7) is 8.66. The van der Waals surface area contributed by atoms with E-state index in [9.17, 15) is 0 Å². The van der Waals surface area contributed by atoms with Crippen LogP contribution in [0.5, 0.6) is 5.75 Å². The molecule has 0 amide bonds. The molecule has 2 saturated heterocycles. The minimum atomic E-state index is -1.09. The number of anilines is 2. The van der Waals surface area contributed by atoms with E-state index in [1.807, 2.05) is 35.9 Å². The Morgan fingerprint density at radius 2 is 1.66 bits per heavy atom. The maximum absolute atomic E-state index is 6.60. The van der Waals surface area contributed by atoms with E-state index in [4.69, 9.17) is 47.4 Å². The highest BCUT2D eigenvalue weighted by atomic mass is 35.5. The number of ether oxygens (including phenoxy) is 3. The molecule has 0 saturated carbocycles. The molecule has 0 spiro atoms. The lowest BCUT2D eigenvalue weighted by atomic mass is 10.1. The van der Waals surface area contributed by atoms with Crippen LogP contribution in [0.1, 0.15) is 17.0 Å². The van der Waals surface area contributed by atoms with Gasteiger partial charge in [-0.2, -0.15) is 0 Å². The molecule has 2 aliphatic rings. The second-order valence-corrected chi connectivity index (χ2v) is 12.8. The molecule has 3 aromatic carbocycles. The third-order valence-corrected chi connectivity index (χ3v) is 9.11. The fourth-order valence-corrected chi connectivity index (χ4v) is 6.65. The maximum atomic E-state index is 6.60. The third kappa shape index (κ3) is 7.09. The van der Waals surface area contributed by atoms with Crippen molar-refractivity contribution in [2.24, 2.45) is 0 Å². The van der Waals surface area contributed by atoms with Crippen molar-refractivity contribution in [2.45, 2.75) is 32.3 Å². The summed E-state index contributed by atoms with van der Waals surface area (Å²) in [5, 5.41) is 1.03. The average Bonchev–Trinajstić information content (AvgIpc) is 3.75. The first-order chi connectivity index (χ1) is 22.8. The number of piperazine rings is 1. The zero-order valence-electron chi connectivity index (χ0n) is 26.4.